The van der Waals surface area contributed by atoms with E-state index in [-0.39, 0.29) is 15.7 Å². The first-order valence-corrected chi connectivity index (χ1v) is 7.75. The Kier molecular flexibility index (Phi) is 4.23. The summed E-state index contributed by atoms with van der Waals surface area (Å²) >= 11 is 16.2. The molecule has 0 amide bonds. The third-order valence-electron chi connectivity index (χ3n) is 1.51. The van der Waals surface area contributed by atoms with Gasteiger partial charge in [0.25, 0.3) is 3.12 Å². The van der Waals surface area contributed by atoms with Crippen molar-refractivity contribution >= 4 is 54.5 Å². The van der Waals surface area contributed by atoms with Crippen LogP contribution in [0, 0.1) is 6.92 Å². The van der Waals surface area contributed by atoms with Crippen molar-refractivity contribution in [2.24, 2.45) is 0 Å². The Morgan fingerprint density at radius 2 is 1.60 bits per heavy atom. The first-order valence-electron chi connectivity index (χ1n) is 3.80. The molecule has 2 nitrogen and oxygen atoms in total. The molecule has 0 N–H and O–H groups in total. The lowest BCUT2D eigenvalue weighted by atomic mass is 10.2. The monoisotopic (exact) mass is 304 g/mol. The Balaban J connectivity index is 3.02. The lowest BCUT2D eigenvalue weighted by molar-refractivity contribution is 0.610. The Morgan fingerprint density at radius 3 is 2.00 bits per heavy atom. The highest BCUT2D eigenvalue weighted by atomic mass is 35.6. The van der Waals surface area contributed by atoms with E-state index in [1.54, 1.807) is 12.1 Å². The summed E-state index contributed by atoms with van der Waals surface area (Å²) in [5.41, 5.74) is 0.966. The number of hydrogen-bond acceptors (Lipinski definition) is 3. The van der Waals surface area contributed by atoms with Crippen LogP contribution >= 0.6 is 45.6 Å². The fraction of sp³-hybridized carbons (Fsp3) is 0.250. The molecule has 7 heteroatoms. The van der Waals surface area contributed by atoms with Gasteiger partial charge < -0.3 is 0 Å². The molecular weight excluding hydrogens is 299 g/mol. The van der Waals surface area contributed by atoms with E-state index in [1.807, 2.05) is 6.92 Å². The fourth-order valence-electron chi connectivity index (χ4n) is 0.877. The SMILES string of the molecule is Cc1ccc(S(=O)(=O)SC(Cl)(Cl)Cl)cc1. The minimum atomic E-state index is -3.61. The smallest absolute Gasteiger partial charge is 0.212 e. The summed E-state index contributed by atoms with van der Waals surface area (Å²) in [6.07, 6.45) is 0. The summed E-state index contributed by atoms with van der Waals surface area (Å²) in [5.74, 6) is 0. The minimum absolute atomic E-state index is 0.129. The topological polar surface area (TPSA) is 34.1 Å². The molecule has 0 heterocycles. The van der Waals surface area contributed by atoms with Crippen LogP contribution in [0.2, 0.25) is 0 Å². The maximum absolute atomic E-state index is 11.7. The lowest BCUT2D eigenvalue weighted by Crippen LogP contribution is -2.04. The van der Waals surface area contributed by atoms with Crippen LogP contribution < -0.4 is 0 Å². The largest absolute Gasteiger partial charge is 0.252 e. The van der Waals surface area contributed by atoms with Crippen molar-refractivity contribution in [3.8, 4) is 0 Å². The Labute approximate surface area is 107 Å². The number of hydrogen-bond donors (Lipinski definition) is 0. The number of aryl methyl sites for hydroxylation is 1. The number of halogens is 3. The minimum Gasteiger partial charge on any atom is -0.212 e. The Hall–Kier alpha value is 0.390. The predicted octanol–water partition coefficient (Wildman–Crippen LogP) is 3.74. The van der Waals surface area contributed by atoms with Gasteiger partial charge in [-0.1, -0.05) is 52.5 Å². The van der Waals surface area contributed by atoms with E-state index in [0.29, 0.717) is 0 Å². The van der Waals surface area contributed by atoms with Crippen molar-refractivity contribution in [3.05, 3.63) is 29.8 Å². The van der Waals surface area contributed by atoms with Gasteiger partial charge in [-0.25, -0.2) is 8.42 Å². The summed E-state index contributed by atoms with van der Waals surface area (Å²) in [6, 6.07) is 6.33. The van der Waals surface area contributed by atoms with Crippen LogP contribution in [0.5, 0.6) is 0 Å². The van der Waals surface area contributed by atoms with Crippen LogP contribution in [0.15, 0.2) is 29.2 Å². The molecule has 0 aliphatic carbocycles. The van der Waals surface area contributed by atoms with E-state index >= 15 is 0 Å². The van der Waals surface area contributed by atoms with Gasteiger partial charge in [0.1, 0.15) is 0 Å². The van der Waals surface area contributed by atoms with Crippen molar-refractivity contribution in [2.45, 2.75) is 14.9 Å². The highest BCUT2D eigenvalue weighted by Crippen LogP contribution is 2.44. The maximum atomic E-state index is 11.7. The molecule has 1 aromatic carbocycles. The van der Waals surface area contributed by atoms with Crippen molar-refractivity contribution in [1.29, 1.82) is 0 Å². The molecule has 0 fully saturated rings. The second-order valence-corrected chi connectivity index (χ2v) is 9.72. The summed E-state index contributed by atoms with van der Waals surface area (Å²) in [7, 11) is -3.33. The first kappa shape index (κ1) is 13.5. The van der Waals surface area contributed by atoms with Crippen LogP contribution in [0.4, 0.5) is 0 Å². The molecule has 0 saturated carbocycles. The molecule has 15 heavy (non-hydrogen) atoms. The number of benzene rings is 1. The normalized spacial score (nSPS) is 12.8. The second-order valence-electron chi connectivity index (χ2n) is 2.80. The van der Waals surface area contributed by atoms with E-state index in [9.17, 15) is 8.42 Å². The fourth-order valence-corrected chi connectivity index (χ4v) is 5.30. The van der Waals surface area contributed by atoms with Gasteiger partial charge in [0.05, 0.1) is 4.90 Å². The van der Waals surface area contributed by atoms with E-state index in [4.69, 9.17) is 34.8 Å². The second kappa shape index (κ2) is 4.72. The van der Waals surface area contributed by atoms with Crippen molar-refractivity contribution in [2.75, 3.05) is 0 Å². The third-order valence-corrected chi connectivity index (χ3v) is 6.28. The Bertz CT molecular complexity index is 434. The standard InChI is InChI=1S/C8H7Cl3O2S2/c1-6-2-4-7(5-3-6)15(12,13)14-8(9,10)11/h2-5H,1H3. The average molecular weight is 306 g/mol. The van der Waals surface area contributed by atoms with Gasteiger partial charge in [0.15, 0.2) is 0 Å². The summed E-state index contributed by atoms with van der Waals surface area (Å²) in [6.45, 7) is 1.86. The molecule has 0 unspecified atom stereocenters. The van der Waals surface area contributed by atoms with Crippen LogP contribution in [-0.4, -0.2) is 11.5 Å². The van der Waals surface area contributed by atoms with Gasteiger partial charge in [-0.05, 0) is 19.1 Å². The first-order chi connectivity index (χ1) is 6.71. The predicted molar refractivity (Wildman–Crippen MR) is 66.2 cm³/mol. The van der Waals surface area contributed by atoms with E-state index < -0.39 is 12.0 Å². The van der Waals surface area contributed by atoms with Crippen LogP contribution in [-0.2, 0) is 8.87 Å². The molecule has 0 aliphatic rings. The van der Waals surface area contributed by atoms with Gasteiger partial charge in [0, 0.05) is 10.8 Å². The van der Waals surface area contributed by atoms with Gasteiger partial charge in [-0.2, -0.15) is 0 Å². The van der Waals surface area contributed by atoms with Crippen molar-refractivity contribution < 1.29 is 8.42 Å². The van der Waals surface area contributed by atoms with Gasteiger partial charge in [-0.15, -0.1) is 0 Å². The Morgan fingerprint density at radius 1 is 1.13 bits per heavy atom. The lowest BCUT2D eigenvalue weighted by Gasteiger charge is -2.10. The summed E-state index contributed by atoms with van der Waals surface area (Å²) < 4.78 is 21.5. The molecule has 0 aliphatic heterocycles. The number of rotatable bonds is 2. The zero-order chi connectivity index (χ0) is 11.7. The van der Waals surface area contributed by atoms with Gasteiger partial charge in [0.2, 0.25) is 8.87 Å². The van der Waals surface area contributed by atoms with E-state index in [2.05, 4.69) is 0 Å². The van der Waals surface area contributed by atoms with Crippen molar-refractivity contribution in [1.82, 2.24) is 0 Å². The molecule has 0 spiro atoms. The quantitative estimate of drug-likeness (QED) is 0.616. The van der Waals surface area contributed by atoms with Crippen LogP contribution in [0.3, 0.4) is 0 Å². The molecule has 0 saturated heterocycles. The van der Waals surface area contributed by atoms with Crippen molar-refractivity contribution in [3.63, 3.8) is 0 Å². The molecule has 0 atom stereocenters. The zero-order valence-corrected chi connectivity index (χ0v) is 11.5. The zero-order valence-electron chi connectivity index (χ0n) is 7.58. The molecule has 0 aromatic heterocycles. The molecular formula is C8H7Cl3O2S2. The highest BCUT2D eigenvalue weighted by Gasteiger charge is 2.30. The van der Waals surface area contributed by atoms with Gasteiger partial charge >= 0.3 is 0 Å². The van der Waals surface area contributed by atoms with E-state index in [0.717, 1.165) is 5.56 Å². The summed E-state index contributed by atoms with van der Waals surface area (Å²) in [4.78, 5) is 0.129. The average Bonchev–Trinajstić information content (AvgIpc) is 2.00. The molecule has 1 rings (SSSR count). The number of alkyl halides is 3. The van der Waals surface area contributed by atoms with E-state index in [1.165, 1.54) is 12.1 Å². The molecule has 0 bridgehead atoms. The van der Waals surface area contributed by atoms with Crippen LogP contribution in [0.1, 0.15) is 5.56 Å². The molecule has 0 radical (unpaired) electrons. The molecule has 1 aromatic rings. The maximum Gasteiger partial charge on any atom is 0.252 e. The third kappa shape index (κ3) is 4.41. The van der Waals surface area contributed by atoms with Crippen LogP contribution in [0.25, 0.3) is 0 Å². The molecule has 84 valence electrons. The van der Waals surface area contributed by atoms with Gasteiger partial charge in [-0.3, -0.25) is 0 Å². The highest BCUT2D eigenvalue weighted by molar-refractivity contribution is 8.73. The summed E-state index contributed by atoms with van der Waals surface area (Å²) in [5, 5.41) is 0.